The summed E-state index contributed by atoms with van der Waals surface area (Å²) in [5.41, 5.74) is 13.4. The summed E-state index contributed by atoms with van der Waals surface area (Å²) in [4.78, 5) is 0. The quantitative estimate of drug-likeness (QED) is 0.330. The average molecular weight is 409 g/mol. The Hall–Kier alpha value is -3.00. The van der Waals surface area contributed by atoms with Gasteiger partial charge in [0.15, 0.2) is 0 Å². The second-order valence-electron chi connectivity index (χ2n) is 9.16. The monoisotopic (exact) mass is 408 g/mol. The fourth-order valence-corrected chi connectivity index (χ4v) is 5.17. The molecule has 0 spiro atoms. The first-order valence-corrected chi connectivity index (χ1v) is 11.8. The lowest BCUT2D eigenvalue weighted by molar-refractivity contribution is 0.325. The van der Waals surface area contributed by atoms with E-state index in [0.717, 1.165) is 30.1 Å². The van der Waals surface area contributed by atoms with Gasteiger partial charge in [0.1, 0.15) is 0 Å². The molecule has 0 bridgehead atoms. The molecule has 4 aromatic rings. The lowest BCUT2D eigenvalue weighted by atomic mass is 9.87. The molecule has 0 radical (unpaired) electrons. The molecule has 0 amide bonds. The minimum atomic E-state index is 0.834. The summed E-state index contributed by atoms with van der Waals surface area (Å²) in [6.07, 6.45) is 11.7. The first-order chi connectivity index (χ1) is 15.3. The normalized spacial score (nSPS) is 14.8. The highest BCUT2D eigenvalue weighted by Gasteiger charge is 2.14. The van der Waals surface area contributed by atoms with E-state index in [4.69, 9.17) is 5.73 Å². The second-order valence-corrected chi connectivity index (χ2v) is 9.16. The maximum absolute atomic E-state index is 6.27. The molecule has 1 saturated carbocycles. The van der Waals surface area contributed by atoms with E-state index in [1.165, 1.54) is 66.1 Å². The topological polar surface area (TPSA) is 30.9 Å². The van der Waals surface area contributed by atoms with Gasteiger partial charge >= 0.3 is 0 Å². The number of rotatable bonds is 6. The summed E-state index contributed by atoms with van der Waals surface area (Å²) in [5, 5.41) is 1.35. The van der Waals surface area contributed by atoms with E-state index in [0.29, 0.717) is 0 Å². The summed E-state index contributed by atoms with van der Waals surface area (Å²) >= 11 is 0. The van der Waals surface area contributed by atoms with Crippen LogP contribution in [0, 0.1) is 5.92 Å². The number of nitrogen functional groups attached to an aromatic ring is 1. The predicted molar refractivity (Wildman–Crippen MR) is 132 cm³/mol. The number of fused-ring (bicyclic) bond motifs is 1. The Morgan fingerprint density at radius 3 is 2.42 bits per heavy atom. The number of aromatic nitrogens is 1. The third-order valence-corrected chi connectivity index (χ3v) is 6.95. The van der Waals surface area contributed by atoms with Crippen LogP contribution in [-0.2, 0) is 13.0 Å². The van der Waals surface area contributed by atoms with Gasteiger partial charge in [-0.1, -0.05) is 74.6 Å². The third-order valence-electron chi connectivity index (χ3n) is 6.95. The zero-order valence-corrected chi connectivity index (χ0v) is 18.3. The van der Waals surface area contributed by atoms with Crippen LogP contribution in [0.3, 0.4) is 0 Å². The molecule has 3 aromatic carbocycles. The van der Waals surface area contributed by atoms with E-state index in [2.05, 4.69) is 71.4 Å². The molecule has 0 saturated heterocycles. The van der Waals surface area contributed by atoms with Gasteiger partial charge in [-0.15, -0.1) is 0 Å². The molecular weight excluding hydrogens is 376 g/mol. The van der Waals surface area contributed by atoms with Crippen molar-refractivity contribution in [1.29, 1.82) is 0 Å². The minimum Gasteiger partial charge on any atom is -0.398 e. The maximum Gasteiger partial charge on any atom is 0.0480 e. The van der Waals surface area contributed by atoms with E-state index in [-0.39, 0.29) is 0 Å². The molecule has 5 rings (SSSR count). The Labute approximate surface area is 185 Å². The van der Waals surface area contributed by atoms with Gasteiger partial charge in [-0.25, -0.2) is 0 Å². The Balaban J connectivity index is 1.32. The Morgan fingerprint density at radius 1 is 0.806 bits per heavy atom. The van der Waals surface area contributed by atoms with Crippen molar-refractivity contribution in [2.75, 3.05) is 5.73 Å². The summed E-state index contributed by atoms with van der Waals surface area (Å²) in [6.45, 7) is 1.14. The SMILES string of the molecule is Nc1ccc(Cc2ccc3c(ccn3CCC3CCCCC3)c2)cc1-c1ccccc1. The molecule has 2 N–H and O–H groups in total. The van der Waals surface area contributed by atoms with Crippen molar-refractivity contribution < 1.29 is 0 Å². The molecule has 2 nitrogen and oxygen atoms in total. The van der Waals surface area contributed by atoms with Crippen molar-refractivity contribution in [2.24, 2.45) is 5.92 Å². The van der Waals surface area contributed by atoms with E-state index < -0.39 is 0 Å². The number of aryl methyl sites for hydroxylation is 1. The molecule has 0 aliphatic heterocycles. The smallest absolute Gasteiger partial charge is 0.0480 e. The molecule has 1 aliphatic carbocycles. The number of nitrogens with two attached hydrogens (primary N) is 1. The fourth-order valence-electron chi connectivity index (χ4n) is 5.17. The molecule has 0 unspecified atom stereocenters. The van der Waals surface area contributed by atoms with Crippen LogP contribution in [0.25, 0.3) is 22.0 Å². The predicted octanol–water partition coefficient (Wildman–Crippen LogP) is 7.45. The van der Waals surface area contributed by atoms with E-state index >= 15 is 0 Å². The van der Waals surface area contributed by atoms with Gasteiger partial charge in [-0.05, 0) is 71.2 Å². The Kier molecular flexibility index (Phi) is 5.80. The van der Waals surface area contributed by atoms with Crippen LogP contribution < -0.4 is 5.73 Å². The highest BCUT2D eigenvalue weighted by Crippen LogP contribution is 2.29. The van der Waals surface area contributed by atoms with Crippen molar-refractivity contribution in [3.8, 4) is 11.1 Å². The molecule has 2 heteroatoms. The first kappa shape index (κ1) is 19.9. The lowest BCUT2D eigenvalue weighted by Crippen LogP contribution is -2.09. The van der Waals surface area contributed by atoms with Crippen LogP contribution in [0.15, 0.2) is 79.0 Å². The van der Waals surface area contributed by atoms with Crippen molar-refractivity contribution in [2.45, 2.75) is 51.5 Å². The van der Waals surface area contributed by atoms with E-state index in [1.807, 2.05) is 12.1 Å². The van der Waals surface area contributed by atoms with Crippen LogP contribution in [-0.4, -0.2) is 4.57 Å². The molecule has 1 aromatic heterocycles. The molecule has 1 fully saturated rings. The highest BCUT2D eigenvalue weighted by atomic mass is 14.9. The zero-order valence-electron chi connectivity index (χ0n) is 18.3. The van der Waals surface area contributed by atoms with Crippen LogP contribution in [0.4, 0.5) is 5.69 Å². The average Bonchev–Trinajstić information content (AvgIpc) is 3.22. The fraction of sp³-hybridized carbons (Fsp3) is 0.310. The van der Waals surface area contributed by atoms with Crippen LogP contribution in [0.2, 0.25) is 0 Å². The summed E-state index contributed by atoms with van der Waals surface area (Å²) in [5.74, 6) is 0.926. The van der Waals surface area contributed by atoms with Gasteiger partial charge < -0.3 is 10.3 Å². The van der Waals surface area contributed by atoms with Crippen LogP contribution >= 0.6 is 0 Å². The second kappa shape index (κ2) is 9.01. The standard InChI is InChI=1S/C29H32N2/c30-28-13-11-24(21-27(28)25-9-5-2-6-10-25)19-23-12-14-29-26(20-23)16-18-31(29)17-15-22-7-3-1-4-8-22/h2,5-6,9-14,16,18,20-22H,1,3-4,7-8,15,17,19,30H2. The van der Waals surface area contributed by atoms with Crippen molar-refractivity contribution in [3.63, 3.8) is 0 Å². The van der Waals surface area contributed by atoms with Crippen molar-refractivity contribution in [1.82, 2.24) is 4.57 Å². The number of nitrogens with zero attached hydrogens (tertiary/aromatic N) is 1. The number of benzene rings is 3. The molecule has 1 aliphatic rings. The summed E-state index contributed by atoms with van der Waals surface area (Å²) < 4.78 is 2.45. The van der Waals surface area contributed by atoms with Gasteiger partial charge in [-0.2, -0.15) is 0 Å². The lowest BCUT2D eigenvalue weighted by Gasteiger charge is -2.21. The van der Waals surface area contributed by atoms with Gasteiger partial charge in [0.25, 0.3) is 0 Å². The number of hydrogen-bond acceptors (Lipinski definition) is 1. The Bertz CT molecular complexity index is 1150. The van der Waals surface area contributed by atoms with Crippen molar-refractivity contribution >= 4 is 16.6 Å². The summed E-state index contributed by atoms with van der Waals surface area (Å²) in [7, 11) is 0. The Morgan fingerprint density at radius 2 is 1.58 bits per heavy atom. The van der Waals surface area contributed by atoms with Gasteiger partial charge in [0.2, 0.25) is 0 Å². The van der Waals surface area contributed by atoms with Gasteiger partial charge in [0.05, 0.1) is 0 Å². The van der Waals surface area contributed by atoms with Crippen LogP contribution in [0.5, 0.6) is 0 Å². The zero-order chi connectivity index (χ0) is 21.0. The summed E-state index contributed by atoms with van der Waals surface area (Å²) in [6, 6.07) is 26.1. The first-order valence-electron chi connectivity index (χ1n) is 11.8. The van der Waals surface area contributed by atoms with Crippen LogP contribution in [0.1, 0.15) is 49.7 Å². The molecular formula is C29H32N2. The van der Waals surface area contributed by atoms with Gasteiger partial charge in [-0.3, -0.25) is 0 Å². The number of anilines is 1. The largest absolute Gasteiger partial charge is 0.398 e. The highest BCUT2D eigenvalue weighted by molar-refractivity contribution is 5.81. The van der Waals surface area contributed by atoms with Gasteiger partial charge in [0, 0.05) is 29.5 Å². The molecule has 158 valence electrons. The van der Waals surface area contributed by atoms with E-state index in [1.54, 1.807) is 0 Å². The molecule has 0 atom stereocenters. The third kappa shape index (κ3) is 4.54. The maximum atomic E-state index is 6.27. The number of hydrogen-bond donors (Lipinski definition) is 1. The minimum absolute atomic E-state index is 0.834. The van der Waals surface area contributed by atoms with Crippen molar-refractivity contribution in [3.05, 3.63) is 90.1 Å². The molecule has 31 heavy (non-hydrogen) atoms. The van der Waals surface area contributed by atoms with E-state index in [9.17, 15) is 0 Å². The molecule has 1 heterocycles.